The van der Waals surface area contributed by atoms with Crippen LogP contribution in [0, 0.1) is 22.7 Å². The van der Waals surface area contributed by atoms with E-state index >= 15 is 0 Å². The molecule has 0 unspecified atom stereocenters. The topological polar surface area (TPSA) is 60.1 Å². The van der Waals surface area contributed by atoms with Gasteiger partial charge in [0.25, 0.3) is 6.71 Å². The van der Waals surface area contributed by atoms with Gasteiger partial charge in [-0.2, -0.15) is 10.5 Å². The Morgan fingerprint density at radius 3 is 1.71 bits per heavy atom. The van der Waals surface area contributed by atoms with Gasteiger partial charge in [-0.05, 0) is 101 Å². The molecule has 2 aliphatic rings. The van der Waals surface area contributed by atoms with Crippen molar-refractivity contribution in [3.63, 3.8) is 0 Å². The number of ether oxygens (including phenoxy) is 1. The predicted octanol–water partition coefficient (Wildman–Crippen LogP) is 9.17. The van der Waals surface area contributed by atoms with Crippen molar-refractivity contribution in [1.29, 1.82) is 10.5 Å². The summed E-state index contributed by atoms with van der Waals surface area (Å²) in [7, 11) is 0. The molecular weight excluding hydrogens is 653 g/mol. The summed E-state index contributed by atoms with van der Waals surface area (Å²) in [6, 6.07) is 58.9. The van der Waals surface area contributed by atoms with E-state index < -0.39 is 0 Å². The third-order valence-electron chi connectivity index (χ3n) is 9.91. The zero-order valence-electron chi connectivity index (χ0n) is 28.2. The number of hydrogen-bond donors (Lipinski definition) is 0. The van der Waals surface area contributed by atoms with Crippen LogP contribution >= 0.6 is 11.8 Å². The number of para-hydroxylation sites is 1. The Morgan fingerprint density at radius 1 is 0.538 bits per heavy atom. The molecule has 4 nitrogen and oxygen atoms in total. The second kappa shape index (κ2) is 13.3. The fourth-order valence-electron chi connectivity index (χ4n) is 7.58. The van der Waals surface area contributed by atoms with Crippen LogP contribution in [-0.2, 0) is 12.8 Å². The van der Waals surface area contributed by atoms with Crippen LogP contribution in [0.1, 0.15) is 33.4 Å². The van der Waals surface area contributed by atoms with Crippen LogP contribution in [0.3, 0.4) is 0 Å². The Labute approximate surface area is 308 Å². The van der Waals surface area contributed by atoms with Gasteiger partial charge in [-0.15, -0.1) is 0 Å². The lowest BCUT2D eigenvalue weighted by atomic mass is 9.35. The van der Waals surface area contributed by atoms with Gasteiger partial charge < -0.3 is 9.64 Å². The van der Waals surface area contributed by atoms with Crippen LogP contribution in [-0.4, -0.2) is 6.71 Å². The third kappa shape index (κ3) is 5.70. The predicted molar refractivity (Wildman–Crippen MR) is 211 cm³/mol. The molecular formula is C46H30BN3OS. The summed E-state index contributed by atoms with van der Waals surface area (Å²) in [5.41, 5.74) is 12.1. The number of nitrogens with zero attached hydrogens (tertiary/aromatic N) is 3. The molecule has 7 aromatic rings. The minimum atomic E-state index is 0.0574. The van der Waals surface area contributed by atoms with Gasteiger partial charge in [0.1, 0.15) is 11.5 Å². The SMILES string of the molecule is N#Cc1ccc(N(c2cc3c4c(c2)Sc2ccccc2B4c2ccccc2O3)c2ccc(C#N)cc2Cc2ccccc2)c(Cc2ccccc2)c1. The van der Waals surface area contributed by atoms with Gasteiger partial charge >= 0.3 is 0 Å². The number of nitriles is 2. The molecule has 0 radical (unpaired) electrons. The molecule has 0 aromatic heterocycles. The Morgan fingerprint density at radius 2 is 1.10 bits per heavy atom. The summed E-state index contributed by atoms with van der Waals surface area (Å²) in [6.07, 6.45) is 1.27. The lowest BCUT2D eigenvalue weighted by Crippen LogP contribution is -2.57. The highest BCUT2D eigenvalue weighted by atomic mass is 32.2. The summed E-state index contributed by atoms with van der Waals surface area (Å²) in [5, 5.41) is 20.1. The summed E-state index contributed by atoms with van der Waals surface area (Å²) >= 11 is 1.78. The molecule has 9 rings (SSSR count). The maximum Gasteiger partial charge on any atom is 0.253 e. The van der Waals surface area contributed by atoms with Crippen molar-refractivity contribution < 1.29 is 4.74 Å². The molecule has 52 heavy (non-hydrogen) atoms. The Kier molecular flexibility index (Phi) is 8.09. The molecule has 0 saturated carbocycles. The second-order valence-electron chi connectivity index (χ2n) is 13.1. The van der Waals surface area contributed by atoms with Gasteiger partial charge in [0.2, 0.25) is 0 Å². The van der Waals surface area contributed by atoms with Gasteiger partial charge in [-0.1, -0.05) is 114 Å². The molecule has 6 heteroatoms. The van der Waals surface area contributed by atoms with Crippen molar-refractivity contribution in [3.8, 4) is 23.6 Å². The highest BCUT2D eigenvalue weighted by Crippen LogP contribution is 2.45. The van der Waals surface area contributed by atoms with E-state index in [0.29, 0.717) is 24.0 Å². The van der Waals surface area contributed by atoms with E-state index in [2.05, 4.69) is 108 Å². The molecule has 2 aliphatic heterocycles. The van der Waals surface area contributed by atoms with Crippen molar-refractivity contribution in [2.45, 2.75) is 22.6 Å². The fourth-order valence-corrected chi connectivity index (χ4v) is 8.77. The highest BCUT2D eigenvalue weighted by Gasteiger charge is 2.39. The van der Waals surface area contributed by atoms with E-state index in [1.165, 1.54) is 21.3 Å². The summed E-state index contributed by atoms with van der Waals surface area (Å²) in [4.78, 5) is 4.68. The Hall–Kier alpha value is -6.47. The number of benzene rings is 7. The average molecular weight is 684 g/mol. The monoisotopic (exact) mass is 683 g/mol. The van der Waals surface area contributed by atoms with Crippen LogP contribution in [0.5, 0.6) is 11.5 Å². The minimum Gasteiger partial charge on any atom is -0.458 e. The molecule has 244 valence electrons. The molecule has 0 fully saturated rings. The minimum absolute atomic E-state index is 0.0574. The quantitative estimate of drug-likeness (QED) is 0.157. The van der Waals surface area contributed by atoms with E-state index in [0.717, 1.165) is 55.7 Å². The van der Waals surface area contributed by atoms with Crippen molar-refractivity contribution in [1.82, 2.24) is 0 Å². The van der Waals surface area contributed by atoms with Crippen LogP contribution in [0.25, 0.3) is 0 Å². The van der Waals surface area contributed by atoms with Gasteiger partial charge in [0.15, 0.2) is 0 Å². The van der Waals surface area contributed by atoms with E-state index in [-0.39, 0.29) is 6.71 Å². The smallest absolute Gasteiger partial charge is 0.253 e. The Bertz CT molecular complexity index is 2400. The van der Waals surface area contributed by atoms with Crippen molar-refractivity contribution in [3.05, 3.63) is 191 Å². The molecule has 0 amide bonds. The normalized spacial score (nSPS) is 12.0. The molecule has 0 bridgehead atoms. The first-order valence-electron chi connectivity index (χ1n) is 17.3. The molecule has 0 aliphatic carbocycles. The molecule has 0 saturated heterocycles. The second-order valence-corrected chi connectivity index (χ2v) is 14.2. The van der Waals surface area contributed by atoms with Gasteiger partial charge in [0.05, 0.1) is 29.0 Å². The first-order valence-corrected chi connectivity index (χ1v) is 18.1. The zero-order chi connectivity index (χ0) is 35.0. The molecule has 7 aromatic carbocycles. The van der Waals surface area contributed by atoms with Crippen LogP contribution in [0.15, 0.2) is 168 Å². The van der Waals surface area contributed by atoms with Crippen LogP contribution in [0.2, 0.25) is 0 Å². The van der Waals surface area contributed by atoms with E-state index in [9.17, 15) is 10.5 Å². The van der Waals surface area contributed by atoms with Crippen LogP contribution < -0.4 is 26.0 Å². The number of anilines is 3. The van der Waals surface area contributed by atoms with Gasteiger partial charge in [-0.3, -0.25) is 0 Å². The lowest BCUT2D eigenvalue weighted by Gasteiger charge is -2.35. The van der Waals surface area contributed by atoms with Gasteiger partial charge in [-0.25, -0.2) is 0 Å². The highest BCUT2D eigenvalue weighted by molar-refractivity contribution is 8.00. The van der Waals surface area contributed by atoms with Crippen LogP contribution in [0.4, 0.5) is 17.1 Å². The lowest BCUT2D eigenvalue weighted by molar-refractivity contribution is 0.486. The van der Waals surface area contributed by atoms with E-state index in [1.807, 2.05) is 66.7 Å². The first kappa shape index (κ1) is 31.5. The van der Waals surface area contributed by atoms with E-state index in [4.69, 9.17) is 4.74 Å². The maximum absolute atomic E-state index is 10.0. The average Bonchev–Trinajstić information content (AvgIpc) is 3.19. The molecule has 0 spiro atoms. The largest absolute Gasteiger partial charge is 0.458 e. The first-order chi connectivity index (χ1) is 25.7. The summed E-state index contributed by atoms with van der Waals surface area (Å²) in [6.45, 7) is 0.0574. The molecule has 0 atom stereocenters. The number of fused-ring (bicyclic) bond motifs is 4. The number of hydrogen-bond acceptors (Lipinski definition) is 5. The van der Waals surface area contributed by atoms with E-state index in [1.54, 1.807) is 11.8 Å². The van der Waals surface area contributed by atoms with Crippen molar-refractivity contribution >= 4 is 51.9 Å². The van der Waals surface area contributed by atoms with Gasteiger partial charge in [0, 0.05) is 27.2 Å². The zero-order valence-corrected chi connectivity index (χ0v) is 29.0. The molecule has 2 heterocycles. The fraction of sp³-hybridized carbons (Fsp3) is 0.0435. The molecule has 0 N–H and O–H groups in total. The summed E-state index contributed by atoms with van der Waals surface area (Å²) < 4.78 is 6.80. The Balaban J connectivity index is 1.30. The third-order valence-corrected chi connectivity index (χ3v) is 11.1. The number of rotatable bonds is 7. The van der Waals surface area contributed by atoms with Crippen molar-refractivity contribution in [2.75, 3.05) is 4.90 Å². The standard InChI is InChI=1S/C46H30BN3OS/c48-29-33-19-21-40(35(25-33)23-31-11-3-1-4-12-31)50(41-22-20-34(30-49)26-36(41)24-32-13-5-2-6-14-32)37-27-43-46-45(28-37)52-44-18-10-8-16-39(44)47(46)38-15-7-9-17-42(38)51-43/h1-22,25-28H,23-24H2. The maximum atomic E-state index is 10.0. The van der Waals surface area contributed by atoms with Crippen molar-refractivity contribution in [2.24, 2.45) is 0 Å². The summed E-state index contributed by atoms with van der Waals surface area (Å²) in [5.74, 6) is 1.70.